The highest BCUT2D eigenvalue weighted by Gasteiger charge is 2.45. The summed E-state index contributed by atoms with van der Waals surface area (Å²) in [7, 11) is 8.23. The standard InChI is InChI=1S/C75H129N13O28/c1-14-41(6)61(87(11)72(108)59(39(2)3)85-71(107)60(40(4)5)86(9)10)54(113-12)33-58(98)88-30-18-22-49(88)66(114-13)42(7)67(103)84-48(32-44-20-16-15-17-21-44)70(106)77-28-19-31-115-74(111)43(8)81-56(96)26-24-47(73(109)110)82-57(97)27-29-78-75(112)116-38-45(76)68(104)83-46(69(105)80-35-51(92)63(100)65(102)53(94)37-90)23-25-55(95)79-34-50(91)62(99)64(101)52(93)36-89/h15-17,20-21,39-43,45-54,59-66,89-94,99-102H,14,18-19,22-38,76H2,1-13H3,(H,77,106)(H,78,112)(H,79,95)(H,80,105)(H,81,96)(H,82,97)(H,83,104)(H,84,103)(H,85,107)(H,109,110)/t41-,42+,43?,45?,46?,47?,48-,49-,50-,51-,52+,53+,54+,59?,60-,61-,62+,63+,64-,65-,66+/m0/s1. The van der Waals surface area contributed by atoms with Crippen LogP contribution in [0.5, 0.6) is 0 Å². The lowest BCUT2D eigenvalue weighted by atomic mass is 9.89. The summed E-state index contributed by atoms with van der Waals surface area (Å²) in [5.74, 6) is -10.7. The van der Waals surface area contributed by atoms with Gasteiger partial charge in [-0.15, -0.1) is 0 Å². The number of likely N-dealkylation sites (tertiary alicyclic amines) is 1. The lowest BCUT2D eigenvalue weighted by Gasteiger charge is -2.41. The number of carboxylic acids is 1. The molecule has 41 heteroatoms. The zero-order chi connectivity index (χ0) is 88.0. The monoisotopic (exact) mass is 1660 g/mol. The fraction of sp³-hybridized carbons (Fsp3) is 0.747. The molecule has 662 valence electrons. The summed E-state index contributed by atoms with van der Waals surface area (Å²) in [6.45, 7) is 9.70. The molecule has 0 spiro atoms. The molecule has 1 fully saturated rings. The van der Waals surface area contributed by atoms with E-state index in [-0.39, 0.29) is 67.9 Å². The van der Waals surface area contributed by atoms with Crippen molar-refractivity contribution in [2.24, 2.45) is 29.4 Å². The summed E-state index contributed by atoms with van der Waals surface area (Å²) >= 11 is 0. The van der Waals surface area contributed by atoms with Gasteiger partial charge in [0.2, 0.25) is 59.1 Å². The molecule has 22 N–H and O–H groups in total. The molecule has 1 heterocycles. The predicted octanol–water partition coefficient (Wildman–Crippen LogP) is -6.92. The molecule has 1 saturated heterocycles. The van der Waals surface area contributed by atoms with Crippen LogP contribution < -0.4 is 53.6 Å². The molecular weight excluding hydrogens is 1530 g/mol. The van der Waals surface area contributed by atoms with E-state index in [0.29, 0.717) is 25.8 Å². The fourth-order valence-electron chi connectivity index (χ4n) is 13.0. The van der Waals surface area contributed by atoms with Crippen LogP contribution in [-0.2, 0) is 82.9 Å². The van der Waals surface area contributed by atoms with E-state index in [2.05, 4.69) is 47.9 Å². The van der Waals surface area contributed by atoms with Crippen molar-refractivity contribution in [2.45, 2.75) is 241 Å². The molecule has 2 rings (SSSR count). The Kier molecular flexibility index (Phi) is 47.4. The summed E-state index contributed by atoms with van der Waals surface area (Å²) in [5.41, 5.74) is 6.61. The molecule has 5 unspecified atom stereocenters. The number of ether oxygens (including phenoxy) is 4. The van der Waals surface area contributed by atoms with E-state index in [0.717, 1.165) is 5.56 Å². The first-order chi connectivity index (χ1) is 54.5. The Morgan fingerprint density at radius 3 is 1.69 bits per heavy atom. The molecule has 1 aromatic rings. The van der Waals surface area contributed by atoms with Crippen LogP contribution in [0.1, 0.15) is 125 Å². The van der Waals surface area contributed by atoms with Crippen molar-refractivity contribution in [2.75, 3.05) is 94.5 Å². The van der Waals surface area contributed by atoms with Gasteiger partial charge in [-0.05, 0) is 76.4 Å². The average Bonchev–Trinajstić information content (AvgIpc) is 1.57. The first kappa shape index (κ1) is 104. The lowest BCUT2D eigenvalue weighted by molar-refractivity contribution is -0.148. The summed E-state index contributed by atoms with van der Waals surface area (Å²) in [5, 5.41) is 129. The highest BCUT2D eigenvalue weighted by atomic mass is 16.6. The van der Waals surface area contributed by atoms with Gasteiger partial charge in [-0.3, -0.25) is 52.8 Å². The van der Waals surface area contributed by atoms with Gasteiger partial charge in [-0.25, -0.2) is 14.4 Å². The molecule has 1 aliphatic rings. The molecule has 116 heavy (non-hydrogen) atoms. The normalized spacial score (nSPS) is 18.1. The molecule has 0 aliphatic carbocycles. The van der Waals surface area contributed by atoms with Gasteiger partial charge >= 0.3 is 18.0 Å². The maximum absolute atomic E-state index is 14.6. The smallest absolute Gasteiger partial charge is 0.407 e. The van der Waals surface area contributed by atoms with Crippen molar-refractivity contribution in [3.8, 4) is 0 Å². The van der Waals surface area contributed by atoms with E-state index in [9.17, 15) is 108 Å². The number of hydrogen-bond donors (Lipinski definition) is 21. The Labute approximate surface area is 675 Å². The predicted molar refractivity (Wildman–Crippen MR) is 414 cm³/mol. The number of carboxylic acid groups (broad SMARTS) is 1. The highest BCUT2D eigenvalue weighted by Crippen LogP contribution is 2.30. The van der Waals surface area contributed by atoms with Gasteiger partial charge in [0.15, 0.2) is 0 Å². The van der Waals surface area contributed by atoms with E-state index in [1.165, 1.54) is 21.1 Å². The number of methoxy groups -OCH3 is 2. The molecule has 11 amide bonds. The molecule has 0 aromatic heterocycles. The Balaban J connectivity index is 1.99. The van der Waals surface area contributed by atoms with Gasteiger partial charge in [0.05, 0.1) is 74.7 Å². The number of aliphatic hydroxyl groups excluding tert-OH is 10. The van der Waals surface area contributed by atoms with E-state index >= 15 is 0 Å². The number of nitrogens with one attached hydrogen (secondary N) is 9. The number of aliphatic hydroxyl groups is 10. The van der Waals surface area contributed by atoms with Gasteiger partial charge in [0, 0.05) is 79.7 Å². The van der Waals surface area contributed by atoms with E-state index < -0.39 is 252 Å². The van der Waals surface area contributed by atoms with Crippen LogP contribution in [0.3, 0.4) is 0 Å². The van der Waals surface area contributed by atoms with Gasteiger partial charge < -0.3 is 139 Å². The van der Waals surface area contributed by atoms with E-state index in [1.54, 1.807) is 54.1 Å². The number of esters is 1. The molecule has 1 aliphatic heterocycles. The second-order valence-electron chi connectivity index (χ2n) is 29.9. The number of aliphatic carboxylic acids is 1. The third kappa shape index (κ3) is 34.6. The van der Waals surface area contributed by atoms with Crippen LogP contribution in [0.15, 0.2) is 30.3 Å². The van der Waals surface area contributed by atoms with Crippen LogP contribution >= 0.6 is 0 Å². The summed E-state index contributed by atoms with van der Waals surface area (Å²) in [6.07, 6.45) is -19.6. The molecule has 0 radical (unpaired) electrons. The van der Waals surface area contributed by atoms with Crippen LogP contribution in [0, 0.1) is 23.7 Å². The molecule has 0 bridgehead atoms. The number of amides is 11. The fourth-order valence-corrected chi connectivity index (χ4v) is 13.0. The van der Waals surface area contributed by atoms with Crippen LogP contribution in [-0.4, -0.2) is 358 Å². The van der Waals surface area contributed by atoms with Gasteiger partial charge in [-0.1, -0.05) is 85.2 Å². The summed E-state index contributed by atoms with van der Waals surface area (Å²) < 4.78 is 22.3. The highest BCUT2D eigenvalue weighted by molar-refractivity contribution is 5.92. The second kappa shape index (κ2) is 53.1. The number of rotatable bonds is 55. The van der Waals surface area contributed by atoms with E-state index in [1.807, 2.05) is 60.5 Å². The first-order valence-electron chi connectivity index (χ1n) is 38.9. The molecule has 21 atom stereocenters. The third-order valence-electron chi connectivity index (χ3n) is 20.0. The molecule has 1 aromatic carbocycles. The minimum Gasteiger partial charge on any atom is -0.480 e. The van der Waals surface area contributed by atoms with Crippen molar-refractivity contribution in [3.05, 3.63) is 35.9 Å². The summed E-state index contributed by atoms with van der Waals surface area (Å²) in [4.78, 5) is 178. The number of likely N-dealkylation sites (N-methyl/N-ethyl adjacent to an activating group) is 2. The van der Waals surface area contributed by atoms with Crippen molar-refractivity contribution < 1.29 is 137 Å². The minimum atomic E-state index is -2.12. The number of benzene rings is 1. The van der Waals surface area contributed by atoms with Crippen LogP contribution in [0.4, 0.5) is 4.79 Å². The maximum atomic E-state index is 14.6. The Bertz CT molecular complexity index is 3250. The Morgan fingerprint density at radius 1 is 0.595 bits per heavy atom. The number of nitrogens with two attached hydrogens (primary N) is 1. The number of carbonyl (C=O) groups is 13. The molecule has 41 nitrogen and oxygen atoms in total. The quantitative estimate of drug-likeness (QED) is 0.0213. The minimum absolute atomic E-state index is 0.0282. The Hall–Kier alpha value is -8.43. The van der Waals surface area contributed by atoms with Crippen molar-refractivity contribution in [3.63, 3.8) is 0 Å². The zero-order valence-electron chi connectivity index (χ0n) is 68.6. The zero-order valence-corrected chi connectivity index (χ0v) is 68.6. The second-order valence-corrected chi connectivity index (χ2v) is 29.9. The largest absolute Gasteiger partial charge is 0.480 e. The van der Waals surface area contributed by atoms with Gasteiger partial charge in [0.25, 0.3) is 0 Å². The van der Waals surface area contributed by atoms with Crippen LogP contribution in [0.25, 0.3) is 0 Å². The average molecular weight is 1660 g/mol. The van der Waals surface area contributed by atoms with E-state index in [4.69, 9.17) is 34.9 Å². The number of nitrogens with zero attached hydrogens (tertiary/aromatic N) is 3. The number of hydrogen-bond acceptors (Lipinski definition) is 29. The van der Waals surface area contributed by atoms with Crippen molar-refractivity contribution in [1.29, 1.82) is 0 Å². The molecule has 0 saturated carbocycles. The maximum Gasteiger partial charge on any atom is 0.407 e. The van der Waals surface area contributed by atoms with Crippen LogP contribution in [0.2, 0.25) is 0 Å². The number of alkyl carbamates (subject to hydrolysis) is 1. The van der Waals surface area contributed by atoms with Crippen molar-refractivity contribution in [1.82, 2.24) is 62.6 Å². The number of carbonyl (C=O) groups excluding carboxylic acids is 12. The van der Waals surface area contributed by atoms with Crippen molar-refractivity contribution >= 4 is 77.1 Å². The first-order valence-corrected chi connectivity index (χ1v) is 38.9. The third-order valence-corrected chi connectivity index (χ3v) is 20.0. The lowest BCUT2D eigenvalue weighted by Crippen LogP contribution is -2.59. The van der Waals surface area contributed by atoms with Gasteiger partial charge in [-0.2, -0.15) is 0 Å². The molecular formula is C75H129N13O28. The van der Waals surface area contributed by atoms with Gasteiger partial charge in [0.1, 0.15) is 79.5 Å². The summed E-state index contributed by atoms with van der Waals surface area (Å²) in [6, 6.07) is -0.984. The Morgan fingerprint density at radius 2 is 1.15 bits per heavy atom. The topological polar surface area (TPSA) is 625 Å². The SMILES string of the molecule is CC[C@H](C)[C@@H]([C@@H](CC(=O)N1CCC[C@H]1[C@H](OC)[C@@H](C)C(=O)N[C@@H](Cc1ccccc1)C(=O)NCCCOC(=O)C(C)NC(=O)CCC(NC(=O)CCNC(=O)OCC(N)C(=O)NC(CCC(=O)NC[C@H](O)[C@@H](O)[C@@H](O)[C@H](O)CO)C(=O)NC[C@H](O)[C@@H](O)[C@@H](O)[C@H](O)CO)C(=O)O)OC)N(C)C(=O)C(NC(=O)[C@H](C(C)C)N(C)C)C(C)C.